The molecule has 2 aromatic carbocycles. The molecule has 0 fully saturated rings. The Morgan fingerprint density at radius 3 is 2.33 bits per heavy atom. The van der Waals surface area contributed by atoms with Gasteiger partial charge in [0.2, 0.25) is 0 Å². The molecule has 4 rings (SSSR count). The maximum atomic E-state index is 12.7. The van der Waals surface area contributed by atoms with Crippen LogP contribution < -0.4 is 10.4 Å². The molecule has 2 heterocycles. The molecule has 136 valence electrons. The van der Waals surface area contributed by atoms with Crippen molar-refractivity contribution in [1.82, 2.24) is 0 Å². The minimum Gasteiger partial charge on any atom is -0.464 e. The number of benzene rings is 2. The molecule has 8 heteroatoms. The maximum Gasteiger partial charge on any atom is 0.416 e. The molecule has 0 aliphatic rings. The molecule has 0 aliphatic carbocycles. The number of carbonyl (C=O) groups is 1. The van der Waals surface area contributed by atoms with Crippen molar-refractivity contribution < 1.29 is 31.5 Å². The highest BCUT2D eigenvalue weighted by Gasteiger charge is 2.30. The van der Waals surface area contributed by atoms with Gasteiger partial charge in [-0.3, -0.25) is 0 Å². The topological polar surface area (TPSA) is 69.7 Å². The first-order valence-electron chi connectivity index (χ1n) is 7.66. The fourth-order valence-electron chi connectivity index (χ4n) is 2.67. The van der Waals surface area contributed by atoms with Gasteiger partial charge in [-0.25, -0.2) is 9.59 Å². The summed E-state index contributed by atoms with van der Waals surface area (Å²) in [5.41, 5.74) is -1.04. The first kappa shape index (κ1) is 16.9. The molecule has 0 bridgehead atoms. The second-order valence-electron chi connectivity index (χ2n) is 5.67. The van der Waals surface area contributed by atoms with Gasteiger partial charge in [0, 0.05) is 12.1 Å². The smallest absolute Gasteiger partial charge is 0.416 e. The number of esters is 1. The minimum absolute atomic E-state index is 0.0611. The van der Waals surface area contributed by atoms with Gasteiger partial charge in [-0.05, 0) is 36.4 Å². The number of furan rings is 1. The van der Waals surface area contributed by atoms with Crippen LogP contribution in [0.3, 0.4) is 0 Å². The summed E-state index contributed by atoms with van der Waals surface area (Å²) in [7, 11) is 0. The molecule has 2 aromatic heterocycles. The van der Waals surface area contributed by atoms with Crippen LogP contribution in [0.2, 0.25) is 0 Å². The Morgan fingerprint density at radius 2 is 1.63 bits per heavy atom. The van der Waals surface area contributed by atoms with Gasteiger partial charge in [0.25, 0.3) is 0 Å². The molecule has 0 saturated heterocycles. The fourth-order valence-corrected chi connectivity index (χ4v) is 2.67. The second-order valence-corrected chi connectivity index (χ2v) is 5.67. The van der Waals surface area contributed by atoms with Crippen LogP contribution in [0.1, 0.15) is 15.9 Å². The Balaban J connectivity index is 1.77. The van der Waals surface area contributed by atoms with Crippen molar-refractivity contribution >= 4 is 27.9 Å². The minimum atomic E-state index is -4.50. The number of ether oxygens (including phenoxy) is 1. The third kappa shape index (κ3) is 3.05. The average Bonchev–Trinajstić information content (AvgIpc) is 3.08. The molecule has 4 aromatic rings. The summed E-state index contributed by atoms with van der Waals surface area (Å²) in [5, 5.41) is 0.806. The molecule has 0 unspecified atom stereocenters. The lowest BCUT2D eigenvalue weighted by Crippen LogP contribution is -2.11. The molecule has 27 heavy (non-hydrogen) atoms. The number of hydrogen-bond donors (Lipinski definition) is 0. The summed E-state index contributed by atoms with van der Waals surface area (Å²) in [6.07, 6.45) is -3.13. The van der Waals surface area contributed by atoms with Crippen LogP contribution in [0.5, 0.6) is 5.75 Å². The van der Waals surface area contributed by atoms with Crippen molar-refractivity contribution in [3.8, 4) is 5.75 Å². The van der Waals surface area contributed by atoms with Gasteiger partial charge in [-0.2, -0.15) is 13.2 Å². The Morgan fingerprint density at radius 1 is 0.926 bits per heavy atom. The Bertz CT molecular complexity index is 1220. The van der Waals surface area contributed by atoms with Gasteiger partial charge in [-0.1, -0.05) is 0 Å². The number of rotatable bonds is 2. The predicted molar refractivity (Wildman–Crippen MR) is 88.7 cm³/mol. The average molecular weight is 374 g/mol. The zero-order valence-electron chi connectivity index (χ0n) is 13.4. The lowest BCUT2D eigenvalue weighted by molar-refractivity contribution is -0.137. The van der Waals surface area contributed by atoms with E-state index in [0.29, 0.717) is 16.4 Å². The number of carbonyl (C=O) groups excluding carboxylic acids is 1. The number of alkyl halides is 3. The van der Waals surface area contributed by atoms with E-state index in [-0.39, 0.29) is 16.9 Å². The van der Waals surface area contributed by atoms with Crippen molar-refractivity contribution in [1.29, 1.82) is 0 Å². The molecule has 0 saturated carbocycles. The van der Waals surface area contributed by atoms with E-state index in [2.05, 4.69) is 0 Å². The Kier molecular flexibility index (Phi) is 3.76. The Hall–Kier alpha value is -3.55. The molecule has 0 spiro atoms. The SMILES string of the molecule is O=C(Oc1c2ccoc2cc2oc(=O)ccc12)c1ccc(C(F)(F)F)cc1. The van der Waals surface area contributed by atoms with E-state index >= 15 is 0 Å². The van der Waals surface area contributed by atoms with Gasteiger partial charge in [0.1, 0.15) is 11.2 Å². The number of halogens is 3. The van der Waals surface area contributed by atoms with Crippen LogP contribution in [-0.2, 0) is 6.18 Å². The summed E-state index contributed by atoms with van der Waals surface area (Å²) in [6, 6.07) is 9.31. The largest absolute Gasteiger partial charge is 0.464 e. The van der Waals surface area contributed by atoms with Gasteiger partial charge < -0.3 is 13.6 Å². The number of fused-ring (bicyclic) bond motifs is 2. The first-order chi connectivity index (χ1) is 12.8. The zero-order valence-corrected chi connectivity index (χ0v) is 13.4. The number of hydrogen-bond acceptors (Lipinski definition) is 5. The van der Waals surface area contributed by atoms with E-state index < -0.39 is 23.3 Å². The van der Waals surface area contributed by atoms with Crippen molar-refractivity contribution in [3.05, 3.63) is 76.3 Å². The van der Waals surface area contributed by atoms with Crippen molar-refractivity contribution in [2.75, 3.05) is 0 Å². The van der Waals surface area contributed by atoms with E-state index in [1.807, 2.05) is 0 Å². The third-order valence-electron chi connectivity index (χ3n) is 3.95. The van der Waals surface area contributed by atoms with Crippen LogP contribution in [-0.4, -0.2) is 5.97 Å². The zero-order chi connectivity index (χ0) is 19.2. The lowest BCUT2D eigenvalue weighted by Gasteiger charge is -2.10. The van der Waals surface area contributed by atoms with Crippen molar-refractivity contribution in [3.63, 3.8) is 0 Å². The third-order valence-corrected chi connectivity index (χ3v) is 3.95. The molecular weight excluding hydrogens is 365 g/mol. The molecule has 0 atom stereocenters. The summed E-state index contributed by atoms with van der Waals surface area (Å²) < 4.78 is 53.7. The molecular formula is C19H9F3O5. The second kappa shape index (κ2) is 6.01. The molecule has 0 aliphatic heterocycles. The van der Waals surface area contributed by atoms with Gasteiger partial charge in [0.15, 0.2) is 5.75 Å². The van der Waals surface area contributed by atoms with Crippen LogP contribution in [0.15, 0.2) is 68.4 Å². The highest BCUT2D eigenvalue weighted by molar-refractivity contribution is 6.04. The Labute approximate surface area is 148 Å². The lowest BCUT2D eigenvalue weighted by atomic mass is 10.1. The van der Waals surface area contributed by atoms with E-state index in [4.69, 9.17) is 13.6 Å². The van der Waals surface area contributed by atoms with E-state index in [0.717, 1.165) is 24.3 Å². The van der Waals surface area contributed by atoms with Crippen LogP contribution in [0.25, 0.3) is 21.9 Å². The van der Waals surface area contributed by atoms with Gasteiger partial charge >= 0.3 is 17.8 Å². The van der Waals surface area contributed by atoms with E-state index in [1.54, 1.807) is 6.07 Å². The van der Waals surface area contributed by atoms with Gasteiger partial charge in [0.05, 0.1) is 28.2 Å². The standard InChI is InChI=1S/C19H9F3O5/c20-19(21,22)11-3-1-10(2-4-11)18(24)27-17-12-5-6-16(23)26-15(12)9-14-13(17)7-8-25-14/h1-9H. The van der Waals surface area contributed by atoms with Crippen molar-refractivity contribution in [2.45, 2.75) is 6.18 Å². The van der Waals surface area contributed by atoms with E-state index in [1.165, 1.54) is 24.5 Å². The van der Waals surface area contributed by atoms with Crippen LogP contribution >= 0.6 is 0 Å². The van der Waals surface area contributed by atoms with E-state index in [9.17, 15) is 22.8 Å². The summed E-state index contributed by atoms with van der Waals surface area (Å²) in [5.74, 6) is -0.769. The summed E-state index contributed by atoms with van der Waals surface area (Å²) >= 11 is 0. The fraction of sp³-hybridized carbons (Fsp3) is 0.0526. The molecule has 5 nitrogen and oxygen atoms in total. The summed E-state index contributed by atoms with van der Waals surface area (Å²) in [6.45, 7) is 0. The van der Waals surface area contributed by atoms with Crippen LogP contribution in [0.4, 0.5) is 13.2 Å². The first-order valence-corrected chi connectivity index (χ1v) is 7.66. The predicted octanol–water partition coefficient (Wildman–Crippen LogP) is 4.78. The highest BCUT2D eigenvalue weighted by Crippen LogP contribution is 2.35. The highest BCUT2D eigenvalue weighted by atomic mass is 19.4. The maximum absolute atomic E-state index is 12.7. The molecule has 0 radical (unpaired) electrons. The normalized spacial score (nSPS) is 11.8. The molecule has 0 N–H and O–H groups in total. The van der Waals surface area contributed by atoms with Crippen LogP contribution in [0, 0.1) is 0 Å². The van der Waals surface area contributed by atoms with Gasteiger partial charge in [-0.15, -0.1) is 0 Å². The van der Waals surface area contributed by atoms with Crippen molar-refractivity contribution in [2.24, 2.45) is 0 Å². The summed E-state index contributed by atoms with van der Waals surface area (Å²) in [4.78, 5) is 23.9. The quantitative estimate of drug-likeness (QED) is 0.287. The monoisotopic (exact) mass is 374 g/mol. The molecule has 0 amide bonds.